The van der Waals surface area contributed by atoms with E-state index in [1.54, 1.807) is 6.07 Å². The summed E-state index contributed by atoms with van der Waals surface area (Å²) in [6, 6.07) is 4.63. The summed E-state index contributed by atoms with van der Waals surface area (Å²) in [6.07, 6.45) is -4.45. The van der Waals surface area contributed by atoms with Crippen LogP contribution in [0, 0.1) is 5.92 Å². The molecule has 1 aliphatic carbocycles. The van der Waals surface area contributed by atoms with Crippen molar-refractivity contribution in [2.45, 2.75) is 24.7 Å². The smallest absolute Gasteiger partial charge is 0.480 e. The lowest BCUT2D eigenvalue weighted by Gasteiger charge is -2.33. The van der Waals surface area contributed by atoms with E-state index < -0.39 is 30.2 Å². The van der Waals surface area contributed by atoms with E-state index in [2.05, 4.69) is 4.74 Å². The summed E-state index contributed by atoms with van der Waals surface area (Å²) in [5, 5.41) is 9.20. The summed E-state index contributed by atoms with van der Waals surface area (Å²) in [6.45, 7) is 0.298. The monoisotopic (exact) mass is 359 g/mol. The average Bonchev–Trinajstić information content (AvgIpc) is 3.33. The van der Waals surface area contributed by atoms with Gasteiger partial charge in [0.2, 0.25) is 5.91 Å². The van der Waals surface area contributed by atoms with E-state index in [9.17, 15) is 27.9 Å². The molecule has 1 aromatic carbocycles. The van der Waals surface area contributed by atoms with Gasteiger partial charge in [0, 0.05) is 12.5 Å². The lowest BCUT2D eigenvalue weighted by Crippen LogP contribution is -2.53. The van der Waals surface area contributed by atoms with Crippen molar-refractivity contribution in [3.8, 4) is 5.75 Å². The van der Waals surface area contributed by atoms with E-state index in [1.807, 2.05) is 0 Å². The summed E-state index contributed by atoms with van der Waals surface area (Å²) in [4.78, 5) is 25.1. The molecule has 9 heteroatoms. The highest BCUT2D eigenvalue weighted by molar-refractivity contribution is 5.88. The number of para-hydroxylation sites is 1. The predicted octanol–water partition coefficient (Wildman–Crippen LogP) is 2.00. The summed E-state index contributed by atoms with van der Waals surface area (Å²) in [5.74, 6) is -2.82. The summed E-state index contributed by atoms with van der Waals surface area (Å²) < 4.78 is 46.7. The Morgan fingerprint density at radius 1 is 1.28 bits per heavy atom. The van der Waals surface area contributed by atoms with E-state index in [0.717, 1.165) is 0 Å². The van der Waals surface area contributed by atoms with Gasteiger partial charge < -0.3 is 19.5 Å². The molecule has 25 heavy (non-hydrogen) atoms. The normalized spacial score (nSPS) is 26.2. The Balaban J connectivity index is 1.74. The van der Waals surface area contributed by atoms with Gasteiger partial charge >= 0.3 is 12.3 Å². The molecule has 136 valence electrons. The lowest BCUT2D eigenvalue weighted by atomic mass is 10.1. The second-order valence-electron chi connectivity index (χ2n) is 5.99. The second-order valence-corrected chi connectivity index (χ2v) is 5.99. The van der Waals surface area contributed by atoms with E-state index in [1.165, 1.54) is 23.1 Å². The first-order valence-electron chi connectivity index (χ1n) is 7.73. The number of amides is 1. The number of rotatable bonds is 4. The fraction of sp³-hybridized carbons (Fsp3) is 0.500. The van der Waals surface area contributed by atoms with Crippen LogP contribution in [0.2, 0.25) is 0 Å². The molecule has 1 aromatic rings. The van der Waals surface area contributed by atoms with Gasteiger partial charge in [-0.05, 0) is 24.0 Å². The number of ether oxygens (including phenoxy) is 2. The first kappa shape index (κ1) is 17.5. The zero-order valence-electron chi connectivity index (χ0n) is 13.0. The van der Waals surface area contributed by atoms with Gasteiger partial charge in [0.05, 0.1) is 13.2 Å². The van der Waals surface area contributed by atoms with Crippen LogP contribution in [0.3, 0.4) is 0 Å². The van der Waals surface area contributed by atoms with Crippen molar-refractivity contribution < 1.29 is 37.3 Å². The molecule has 1 aliphatic heterocycles. The van der Waals surface area contributed by atoms with Crippen LogP contribution < -0.4 is 4.74 Å². The van der Waals surface area contributed by atoms with Crippen LogP contribution in [0.1, 0.15) is 17.9 Å². The van der Waals surface area contributed by atoms with Crippen molar-refractivity contribution in [1.29, 1.82) is 0 Å². The Bertz CT molecular complexity index is 678. The highest BCUT2D eigenvalue weighted by Gasteiger charge is 2.49. The van der Waals surface area contributed by atoms with Gasteiger partial charge in [-0.1, -0.05) is 18.2 Å². The molecule has 0 spiro atoms. The largest absolute Gasteiger partial charge is 0.573 e. The molecule has 6 nitrogen and oxygen atoms in total. The zero-order valence-corrected chi connectivity index (χ0v) is 13.0. The number of carboxylic acids is 1. The third-order valence-corrected chi connectivity index (χ3v) is 4.35. The van der Waals surface area contributed by atoms with Gasteiger partial charge in [0.1, 0.15) is 5.75 Å². The molecule has 2 aliphatic rings. The van der Waals surface area contributed by atoms with E-state index in [4.69, 9.17) is 4.74 Å². The van der Waals surface area contributed by atoms with Crippen LogP contribution in [0.5, 0.6) is 5.75 Å². The molecule has 2 fully saturated rings. The maximum Gasteiger partial charge on any atom is 0.573 e. The van der Waals surface area contributed by atoms with Crippen molar-refractivity contribution in [2.24, 2.45) is 5.92 Å². The van der Waals surface area contributed by atoms with E-state index >= 15 is 0 Å². The number of aliphatic carboxylic acids is 1. The van der Waals surface area contributed by atoms with Gasteiger partial charge in [-0.2, -0.15) is 0 Å². The van der Waals surface area contributed by atoms with Gasteiger partial charge in [-0.25, -0.2) is 4.79 Å². The Labute approximate surface area is 141 Å². The number of hydrogen-bond acceptors (Lipinski definition) is 4. The molecular weight excluding hydrogens is 343 g/mol. The van der Waals surface area contributed by atoms with Crippen molar-refractivity contribution in [3.63, 3.8) is 0 Å². The van der Waals surface area contributed by atoms with Crippen molar-refractivity contribution in [2.75, 3.05) is 19.8 Å². The molecular formula is C16H16F3NO5. The molecule has 0 aromatic heterocycles. The van der Waals surface area contributed by atoms with Crippen LogP contribution in [0.4, 0.5) is 13.2 Å². The fourth-order valence-electron chi connectivity index (χ4n) is 3.10. The van der Waals surface area contributed by atoms with Crippen molar-refractivity contribution in [1.82, 2.24) is 4.90 Å². The molecule has 3 rings (SSSR count). The van der Waals surface area contributed by atoms with Crippen LogP contribution in [0.25, 0.3) is 0 Å². The van der Waals surface area contributed by atoms with Crippen LogP contribution >= 0.6 is 0 Å². The molecule has 1 amide bonds. The van der Waals surface area contributed by atoms with Crippen molar-refractivity contribution in [3.05, 3.63) is 29.8 Å². The minimum absolute atomic E-state index is 0.0910. The Morgan fingerprint density at radius 2 is 2.00 bits per heavy atom. The predicted molar refractivity (Wildman–Crippen MR) is 77.9 cm³/mol. The van der Waals surface area contributed by atoms with Gasteiger partial charge in [0.25, 0.3) is 0 Å². The number of hydrogen-bond donors (Lipinski definition) is 1. The molecule has 3 atom stereocenters. The summed E-state index contributed by atoms with van der Waals surface area (Å²) in [5.41, 5.74) is 0.304. The van der Waals surface area contributed by atoms with E-state index in [-0.39, 0.29) is 31.4 Å². The third kappa shape index (κ3) is 3.87. The molecule has 0 unspecified atom stereocenters. The van der Waals surface area contributed by atoms with Gasteiger partial charge in [-0.3, -0.25) is 4.79 Å². The minimum Gasteiger partial charge on any atom is -0.480 e. The van der Waals surface area contributed by atoms with Crippen LogP contribution in [-0.4, -0.2) is 54.0 Å². The zero-order chi connectivity index (χ0) is 18.2. The number of carboxylic acid groups (broad SMARTS) is 1. The number of nitrogens with zero attached hydrogens (tertiary/aromatic N) is 1. The highest BCUT2D eigenvalue weighted by atomic mass is 19.4. The molecule has 1 saturated carbocycles. The molecule has 0 bridgehead atoms. The average molecular weight is 359 g/mol. The number of carbonyl (C=O) groups excluding carboxylic acids is 1. The number of morpholine rings is 1. The molecule has 0 radical (unpaired) electrons. The molecule has 1 saturated heterocycles. The second kappa shape index (κ2) is 6.55. The summed E-state index contributed by atoms with van der Waals surface area (Å²) in [7, 11) is 0. The van der Waals surface area contributed by atoms with Gasteiger partial charge in [0.15, 0.2) is 6.04 Å². The topological polar surface area (TPSA) is 76.1 Å². The molecule has 1 N–H and O–H groups in total. The first-order valence-corrected chi connectivity index (χ1v) is 7.73. The number of benzene rings is 1. The highest BCUT2D eigenvalue weighted by Crippen LogP contribution is 2.52. The number of halogens is 3. The number of alkyl halides is 3. The van der Waals surface area contributed by atoms with E-state index in [0.29, 0.717) is 12.0 Å². The quantitative estimate of drug-likeness (QED) is 0.890. The standard InChI is InChI=1S/C16H16F3NO5/c17-16(18,19)25-13-4-2-1-3-9(13)10-7-11(10)14(21)20-5-6-24-8-12(20)15(22)23/h1-4,10-12H,5-8H2,(H,22,23)/t10-,11-,12-/m0/s1. The SMILES string of the molecule is O=C(O)[C@@H]1COCCN1C(=O)[C@H]1C[C@H]1c1ccccc1OC(F)(F)F. The Hall–Kier alpha value is -2.29. The first-order chi connectivity index (χ1) is 11.8. The maximum absolute atomic E-state index is 12.6. The van der Waals surface area contributed by atoms with Crippen LogP contribution in [0.15, 0.2) is 24.3 Å². The van der Waals surface area contributed by atoms with Crippen molar-refractivity contribution >= 4 is 11.9 Å². The summed E-state index contributed by atoms with van der Waals surface area (Å²) >= 11 is 0. The number of carbonyl (C=O) groups is 2. The molecule has 1 heterocycles. The maximum atomic E-state index is 12.6. The minimum atomic E-state index is -4.82. The van der Waals surface area contributed by atoms with Gasteiger partial charge in [-0.15, -0.1) is 13.2 Å². The lowest BCUT2D eigenvalue weighted by molar-refractivity contribution is -0.274. The Kier molecular flexibility index (Phi) is 4.59. The third-order valence-electron chi connectivity index (χ3n) is 4.35. The van der Waals surface area contributed by atoms with Crippen LogP contribution in [-0.2, 0) is 14.3 Å². The Morgan fingerprint density at radius 3 is 2.68 bits per heavy atom. The fourth-order valence-corrected chi connectivity index (χ4v) is 3.10.